The average Bonchev–Trinajstić information content (AvgIpc) is 3.04. The number of hydrazine groups is 1. The van der Waals surface area contributed by atoms with E-state index in [2.05, 4.69) is 10.3 Å². The highest BCUT2D eigenvalue weighted by Crippen LogP contribution is 2.40. The van der Waals surface area contributed by atoms with Gasteiger partial charge in [-0.15, -0.1) is 0 Å². The summed E-state index contributed by atoms with van der Waals surface area (Å²) in [5.41, 5.74) is 4.09. The van der Waals surface area contributed by atoms with E-state index in [4.69, 9.17) is 0 Å². The summed E-state index contributed by atoms with van der Waals surface area (Å²) in [7, 11) is 1.26. The summed E-state index contributed by atoms with van der Waals surface area (Å²) in [5, 5.41) is 13.1. The van der Waals surface area contributed by atoms with Crippen molar-refractivity contribution in [1.29, 1.82) is 0 Å². The predicted octanol–water partition coefficient (Wildman–Crippen LogP) is 1.74. The normalized spacial score (nSPS) is 13.5. The minimum atomic E-state index is -5.16. The van der Waals surface area contributed by atoms with Gasteiger partial charge < -0.3 is 15.0 Å². The van der Waals surface area contributed by atoms with Crippen LogP contribution in [-0.2, 0) is 22.2 Å². The smallest absolute Gasteiger partial charge is 0.376 e. The summed E-state index contributed by atoms with van der Waals surface area (Å²) >= 11 is 0. The van der Waals surface area contributed by atoms with Crippen LogP contribution in [0.15, 0.2) is 24.5 Å². The molecule has 30 heavy (non-hydrogen) atoms. The van der Waals surface area contributed by atoms with E-state index in [1.807, 2.05) is 43.8 Å². The second kappa shape index (κ2) is 8.74. The number of amides is 2. The maximum absolute atomic E-state index is 13.4. The molecule has 164 valence electrons. The van der Waals surface area contributed by atoms with E-state index in [1.54, 1.807) is 0 Å². The topological polar surface area (TPSA) is 108 Å². The largest absolute Gasteiger partial charge is 0.425 e. The second-order valence-corrected chi connectivity index (χ2v) is 7.12. The van der Waals surface area contributed by atoms with Crippen molar-refractivity contribution in [3.05, 3.63) is 47.0 Å². The fourth-order valence-electron chi connectivity index (χ4n) is 3.16. The van der Waals surface area contributed by atoms with Gasteiger partial charge in [0.1, 0.15) is 0 Å². The lowest BCUT2D eigenvalue weighted by Crippen LogP contribution is -2.51. The van der Waals surface area contributed by atoms with Crippen molar-refractivity contribution in [3.63, 3.8) is 0 Å². The molecule has 2 rings (SSSR count). The van der Waals surface area contributed by atoms with Gasteiger partial charge >= 0.3 is 6.18 Å². The Morgan fingerprint density at radius 2 is 1.67 bits per heavy atom. The number of imidazole rings is 1. The van der Waals surface area contributed by atoms with Crippen molar-refractivity contribution in [2.24, 2.45) is 7.05 Å². The highest BCUT2D eigenvalue weighted by molar-refractivity contribution is 5.85. The molecule has 0 spiro atoms. The van der Waals surface area contributed by atoms with Crippen LogP contribution >= 0.6 is 0 Å². The van der Waals surface area contributed by atoms with Gasteiger partial charge in [0.2, 0.25) is 11.5 Å². The third-order valence-electron chi connectivity index (χ3n) is 4.52. The number of carbonyl (C=O) groups excluding carboxylic acids is 2. The lowest BCUT2D eigenvalue weighted by molar-refractivity contribution is -0.271. The summed E-state index contributed by atoms with van der Waals surface area (Å²) in [6.07, 6.45) is -4.24. The summed E-state index contributed by atoms with van der Waals surface area (Å²) in [5.74, 6) is -2.63. The van der Waals surface area contributed by atoms with Crippen molar-refractivity contribution >= 4 is 17.5 Å². The molecule has 1 heterocycles. The van der Waals surface area contributed by atoms with Gasteiger partial charge in [0, 0.05) is 25.1 Å². The zero-order valence-electron chi connectivity index (χ0n) is 17.0. The van der Waals surface area contributed by atoms with Gasteiger partial charge in [-0.25, -0.2) is 4.98 Å². The molecule has 8 nitrogen and oxygen atoms in total. The summed E-state index contributed by atoms with van der Waals surface area (Å²) in [4.78, 5) is 27.5. The van der Waals surface area contributed by atoms with Crippen molar-refractivity contribution in [2.45, 2.75) is 39.0 Å². The van der Waals surface area contributed by atoms with Crippen LogP contribution in [0.3, 0.4) is 0 Å². The molecule has 1 aromatic heterocycles. The number of halogens is 3. The Hall–Kier alpha value is -3.08. The standard InChI is InChI=1S/C19H24F3N5O3/c1-11-7-12(2)16(13(3)8-11)24-10-15(29)26-25-14(28)9-18(30,19(20,21)22)17-23-5-6-27(17)4/h5-8,24,30H,9-10H2,1-4H3,(H,25,28)(H,26,29)/t18-/m1/s1. The van der Waals surface area contributed by atoms with Gasteiger partial charge in [-0.1, -0.05) is 17.7 Å². The number of rotatable bonds is 6. The molecule has 0 aliphatic heterocycles. The van der Waals surface area contributed by atoms with Crippen LogP contribution in [0.1, 0.15) is 28.9 Å². The van der Waals surface area contributed by atoms with Crippen LogP contribution in [0, 0.1) is 20.8 Å². The zero-order chi connectivity index (χ0) is 22.7. The first-order valence-electron chi connectivity index (χ1n) is 9.01. The van der Waals surface area contributed by atoms with Crippen molar-refractivity contribution in [3.8, 4) is 0 Å². The molecule has 0 fully saturated rings. The minimum absolute atomic E-state index is 0.214. The maximum Gasteiger partial charge on any atom is 0.425 e. The SMILES string of the molecule is Cc1cc(C)c(NCC(=O)NNC(=O)C[C@@](O)(c2nccn2C)C(F)(F)F)c(C)c1. The molecule has 1 atom stereocenters. The number of benzene rings is 1. The molecule has 2 amide bonds. The molecular weight excluding hydrogens is 403 g/mol. The first-order valence-corrected chi connectivity index (χ1v) is 9.01. The van der Waals surface area contributed by atoms with Gasteiger partial charge in [-0.05, 0) is 31.9 Å². The Morgan fingerprint density at radius 1 is 1.10 bits per heavy atom. The fraction of sp³-hybridized carbons (Fsp3) is 0.421. The second-order valence-electron chi connectivity index (χ2n) is 7.12. The van der Waals surface area contributed by atoms with E-state index in [9.17, 15) is 27.9 Å². The number of alkyl halides is 3. The zero-order valence-corrected chi connectivity index (χ0v) is 17.0. The van der Waals surface area contributed by atoms with E-state index < -0.39 is 35.8 Å². The first-order chi connectivity index (χ1) is 13.8. The van der Waals surface area contributed by atoms with Gasteiger partial charge in [-0.2, -0.15) is 13.2 Å². The number of nitrogens with zero attached hydrogens (tertiary/aromatic N) is 2. The van der Waals surface area contributed by atoms with Gasteiger partial charge in [0.15, 0.2) is 5.82 Å². The molecule has 11 heteroatoms. The third-order valence-corrected chi connectivity index (χ3v) is 4.52. The molecule has 0 saturated carbocycles. The Bertz CT molecular complexity index is 919. The summed E-state index contributed by atoms with van der Waals surface area (Å²) in [6.45, 7) is 5.47. The molecule has 0 aliphatic rings. The lowest BCUT2D eigenvalue weighted by atomic mass is 9.97. The number of aromatic nitrogens is 2. The molecule has 0 unspecified atom stereocenters. The monoisotopic (exact) mass is 427 g/mol. The average molecular weight is 427 g/mol. The quantitative estimate of drug-likeness (QED) is 0.526. The molecule has 0 bridgehead atoms. The fourth-order valence-corrected chi connectivity index (χ4v) is 3.16. The Morgan fingerprint density at radius 3 is 2.17 bits per heavy atom. The number of aryl methyl sites for hydroxylation is 4. The summed E-state index contributed by atoms with van der Waals surface area (Å²) in [6, 6.07) is 3.87. The van der Waals surface area contributed by atoms with E-state index in [1.165, 1.54) is 13.2 Å². The van der Waals surface area contributed by atoms with Gasteiger partial charge in [0.25, 0.3) is 5.91 Å². The molecule has 0 radical (unpaired) electrons. The molecule has 0 saturated heterocycles. The number of hydrogen-bond donors (Lipinski definition) is 4. The Kier molecular flexibility index (Phi) is 6.76. The van der Waals surface area contributed by atoms with Crippen LogP contribution in [0.5, 0.6) is 0 Å². The Balaban J connectivity index is 1.96. The number of carbonyl (C=O) groups is 2. The Labute approximate surface area is 171 Å². The summed E-state index contributed by atoms with van der Waals surface area (Å²) < 4.78 is 41.3. The number of aliphatic hydroxyl groups is 1. The first kappa shape index (κ1) is 23.2. The lowest BCUT2D eigenvalue weighted by Gasteiger charge is -2.29. The number of nitrogens with one attached hydrogen (secondary N) is 3. The van der Waals surface area contributed by atoms with Crippen LogP contribution in [0.4, 0.5) is 18.9 Å². The van der Waals surface area contributed by atoms with Crippen LogP contribution in [-0.4, -0.2) is 39.2 Å². The maximum atomic E-state index is 13.4. The van der Waals surface area contributed by atoms with Crippen LogP contribution in [0.25, 0.3) is 0 Å². The molecule has 1 aromatic carbocycles. The van der Waals surface area contributed by atoms with Gasteiger partial charge in [0.05, 0.1) is 13.0 Å². The number of anilines is 1. The van der Waals surface area contributed by atoms with Gasteiger partial charge in [-0.3, -0.25) is 20.4 Å². The molecular formula is C19H24F3N5O3. The number of hydrogen-bond acceptors (Lipinski definition) is 5. The molecule has 0 aliphatic carbocycles. The predicted molar refractivity (Wildman–Crippen MR) is 103 cm³/mol. The molecule has 2 aromatic rings. The highest BCUT2D eigenvalue weighted by atomic mass is 19.4. The van der Waals surface area contributed by atoms with E-state index in [0.29, 0.717) is 0 Å². The van der Waals surface area contributed by atoms with E-state index >= 15 is 0 Å². The van der Waals surface area contributed by atoms with Crippen LogP contribution < -0.4 is 16.2 Å². The third kappa shape index (κ3) is 5.09. The molecule has 4 N–H and O–H groups in total. The van der Waals surface area contributed by atoms with Crippen molar-refractivity contribution in [2.75, 3.05) is 11.9 Å². The van der Waals surface area contributed by atoms with Crippen molar-refractivity contribution < 1.29 is 27.9 Å². The van der Waals surface area contributed by atoms with E-state index in [0.717, 1.165) is 33.1 Å². The minimum Gasteiger partial charge on any atom is -0.376 e. The van der Waals surface area contributed by atoms with Crippen molar-refractivity contribution in [1.82, 2.24) is 20.4 Å². The highest BCUT2D eigenvalue weighted by Gasteiger charge is 2.58. The van der Waals surface area contributed by atoms with E-state index in [-0.39, 0.29) is 6.54 Å². The van der Waals surface area contributed by atoms with Crippen LogP contribution in [0.2, 0.25) is 0 Å².